The van der Waals surface area contributed by atoms with Crippen molar-refractivity contribution in [1.29, 1.82) is 0 Å². The van der Waals surface area contributed by atoms with Gasteiger partial charge in [-0.05, 0) is 30.7 Å². The van der Waals surface area contributed by atoms with Crippen molar-refractivity contribution in [3.05, 3.63) is 52.1 Å². The number of ether oxygens (including phenoxy) is 1. The number of aliphatic hydroxyl groups is 12. The third kappa shape index (κ3) is 22.6. The van der Waals surface area contributed by atoms with Crippen LogP contribution >= 0.6 is 21.6 Å². The highest BCUT2D eigenvalue weighted by Gasteiger charge is 2.44. The number of amides is 6. The van der Waals surface area contributed by atoms with Gasteiger partial charge in [-0.2, -0.15) is 4.98 Å². The van der Waals surface area contributed by atoms with Crippen LogP contribution in [-0.2, 0) is 54.4 Å². The minimum atomic E-state index is -2.89. The molecule has 1 unspecified atom stereocenters. The van der Waals surface area contributed by atoms with E-state index >= 15 is 0 Å². The quantitative estimate of drug-likeness (QED) is 0.0143. The molecule has 0 bridgehead atoms. The topological polar surface area (TPSA) is 665 Å². The van der Waals surface area contributed by atoms with Gasteiger partial charge in [0.2, 0.25) is 35.5 Å². The number of nitrogens with one attached hydrogen (secondary N) is 8. The first kappa shape index (κ1) is 74.2. The van der Waals surface area contributed by atoms with Crippen molar-refractivity contribution in [3.8, 4) is 0 Å². The number of nitrogens with zero attached hydrogens (tertiary/aromatic N) is 3. The molecule has 0 saturated heterocycles. The Labute approximate surface area is 501 Å². The Morgan fingerprint density at radius 1 is 0.625 bits per heavy atom. The fourth-order valence-electron chi connectivity index (χ4n) is 7.41. The van der Waals surface area contributed by atoms with Crippen LogP contribution in [0, 0.1) is 0 Å². The smallest absolute Gasteiger partial charge is 0.327 e. The molecule has 2 aromatic heterocycles. The van der Waals surface area contributed by atoms with Crippen molar-refractivity contribution >= 4 is 104 Å². The Balaban J connectivity index is 1.89. The summed E-state index contributed by atoms with van der Waals surface area (Å²) in [4.78, 5) is 156. The predicted molar refractivity (Wildman–Crippen MR) is 296 cm³/mol. The number of aliphatic hydroxyl groups excluding tert-OH is 12. The van der Waals surface area contributed by atoms with Crippen LogP contribution in [0.15, 0.2) is 35.3 Å². The molecule has 0 aliphatic carbocycles. The number of nitrogen functional groups attached to an aromatic ring is 1. The average Bonchev–Trinajstić information content (AvgIpc) is 3.70. The molecule has 3 rings (SSSR count). The zero-order chi connectivity index (χ0) is 66.1. The summed E-state index contributed by atoms with van der Waals surface area (Å²) in [6, 6.07) is -9.20. The molecule has 15 atom stereocenters. The molecule has 25 N–H and O–H groups in total. The zero-order valence-corrected chi connectivity index (χ0v) is 47.2. The summed E-state index contributed by atoms with van der Waals surface area (Å²) in [5, 5.41) is 167. The maximum atomic E-state index is 14.1. The van der Waals surface area contributed by atoms with E-state index in [1.807, 2.05) is 10.6 Å². The van der Waals surface area contributed by atoms with Crippen molar-refractivity contribution in [2.24, 2.45) is 0 Å². The van der Waals surface area contributed by atoms with Crippen molar-refractivity contribution in [1.82, 2.24) is 51.8 Å². The summed E-state index contributed by atoms with van der Waals surface area (Å²) >= 11 is 0. The van der Waals surface area contributed by atoms with E-state index in [1.165, 1.54) is 30.5 Å². The fraction of sp³-hybridized carbons (Fsp3) is 0.532. The Bertz CT molecular complexity index is 2940. The molecule has 0 aliphatic heterocycles. The first-order valence-corrected chi connectivity index (χ1v) is 28.1. The number of benzene rings is 1. The molecule has 488 valence electrons. The summed E-state index contributed by atoms with van der Waals surface area (Å²) in [6.45, 7) is -3.97. The van der Waals surface area contributed by atoms with E-state index < -0.39 is 195 Å². The Hall–Kier alpha value is -8.04. The van der Waals surface area contributed by atoms with E-state index in [2.05, 4.69) is 35.3 Å². The Kier molecular flexibility index (Phi) is 30.6. The standard InChI is InChI=1S/C47H66N12O27S2/c48-47-58-38-31(44(81)59-47)51-19(11-50-38)10-49-18-3-1-17(2-4-18)39(76)52-20(45(82)83)5-6-26(67)55-28(35(73)32(70)23(64)12-60)41(78)53-21(9-27(68)69)40(77)56-30(37(75)34(72)25(66)14-62)43(80)57-29(36(74)33(71)24(65)13-61)42(79)54-22(46(84)85)15-88-87-8-7-86-16-63/h1-4,11,16,20-25,28-30,32-37,49,60-62,64-66,70-75H,5-10,12-15H2,(H,52,76)(H,53,78)(H,54,79)(H,55,67)(H,56,77)(H,57,80)(H,68,69)(H,82,83)(H,84,85)(H3,48,50,58,59,81)/t20-,21-,22-,23+,24+,25?,28-,29-,30-,32+,33+,34+,35+,36+,37+/m0/s1. The number of fused-ring (bicyclic) bond motifs is 1. The van der Waals surface area contributed by atoms with Gasteiger partial charge in [0.25, 0.3) is 17.9 Å². The van der Waals surface area contributed by atoms with Gasteiger partial charge in [0.15, 0.2) is 11.2 Å². The molecule has 0 aliphatic rings. The van der Waals surface area contributed by atoms with E-state index in [0.29, 0.717) is 11.4 Å². The average molecular weight is 1300 g/mol. The van der Waals surface area contributed by atoms with Gasteiger partial charge < -0.3 is 124 Å². The third-order valence-electron chi connectivity index (χ3n) is 12.2. The number of anilines is 2. The van der Waals surface area contributed by atoms with Gasteiger partial charge in [0.05, 0.1) is 44.7 Å². The zero-order valence-electron chi connectivity index (χ0n) is 45.5. The molecular formula is C47H66N12O27S2. The molecule has 3 aromatic rings. The van der Waals surface area contributed by atoms with Crippen LogP contribution in [0.1, 0.15) is 35.3 Å². The molecule has 0 fully saturated rings. The summed E-state index contributed by atoms with van der Waals surface area (Å²) in [7, 11) is 1.75. The molecule has 0 spiro atoms. The lowest BCUT2D eigenvalue weighted by Crippen LogP contribution is -2.67. The predicted octanol–water partition coefficient (Wildman–Crippen LogP) is -11.4. The third-order valence-corrected chi connectivity index (χ3v) is 14.6. The van der Waals surface area contributed by atoms with E-state index in [4.69, 9.17) is 5.73 Å². The number of rotatable bonds is 40. The molecule has 0 radical (unpaired) electrons. The molecule has 6 amide bonds. The summed E-state index contributed by atoms with van der Waals surface area (Å²) in [5.41, 5.74) is 5.41. The molecule has 2 heterocycles. The van der Waals surface area contributed by atoms with E-state index in [0.717, 1.165) is 21.6 Å². The van der Waals surface area contributed by atoms with Crippen LogP contribution in [0.4, 0.5) is 11.6 Å². The summed E-state index contributed by atoms with van der Waals surface area (Å²) in [6.07, 6.45) is -25.2. The van der Waals surface area contributed by atoms with Gasteiger partial charge in [-0.1, -0.05) is 21.6 Å². The van der Waals surface area contributed by atoms with Gasteiger partial charge >= 0.3 is 17.9 Å². The Morgan fingerprint density at radius 3 is 1.62 bits per heavy atom. The van der Waals surface area contributed by atoms with Gasteiger partial charge in [-0.3, -0.25) is 48.1 Å². The number of aromatic nitrogens is 4. The van der Waals surface area contributed by atoms with Crippen molar-refractivity contribution in [3.63, 3.8) is 0 Å². The number of aromatic amines is 1. The second kappa shape index (κ2) is 36.3. The molecular weight excluding hydrogens is 1230 g/mol. The highest BCUT2D eigenvalue weighted by molar-refractivity contribution is 8.76. The molecule has 0 saturated carbocycles. The van der Waals surface area contributed by atoms with E-state index in [9.17, 15) is 129 Å². The molecule has 41 heteroatoms. The fourth-order valence-corrected chi connectivity index (χ4v) is 9.40. The van der Waals surface area contributed by atoms with Crippen LogP contribution in [-0.4, -0.2) is 285 Å². The highest BCUT2D eigenvalue weighted by atomic mass is 33.1. The van der Waals surface area contributed by atoms with Crippen LogP contribution in [0.2, 0.25) is 0 Å². The maximum absolute atomic E-state index is 14.1. The number of carboxylic acid groups (broad SMARTS) is 3. The number of carbonyl (C=O) groups excluding carboxylic acids is 7. The van der Waals surface area contributed by atoms with Crippen LogP contribution in [0.25, 0.3) is 11.2 Å². The first-order valence-electron chi connectivity index (χ1n) is 25.6. The summed E-state index contributed by atoms with van der Waals surface area (Å²) < 4.78 is 4.51. The van der Waals surface area contributed by atoms with Gasteiger partial charge in [0.1, 0.15) is 97.8 Å². The lowest BCUT2D eigenvalue weighted by molar-refractivity contribution is -0.148. The number of hydrogen-bond acceptors (Lipinski definition) is 31. The number of carbonyl (C=O) groups is 10. The van der Waals surface area contributed by atoms with E-state index in [1.54, 1.807) is 16.0 Å². The van der Waals surface area contributed by atoms with Gasteiger partial charge in [0, 0.05) is 29.2 Å². The highest BCUT2D eigenvalue weighted by Crippen LogP contribution is 2.22. The summed E-state index contributed by atoms with van der Waals surface area (Å²) in [5.74, 6) is -15.8. The SMILES string of the molecule is Nc1nc2ncc(CNc3ccc(C(=O)N[C@@H](CCC(=O)N[C@H](C(=O)N[C@@H](CC(=O)O)C(=O)N[C@H](C(=O)N[C@H](C(=O)N[C@@H](CSSCCOC=O)C(=O)O)[C@@H](O)[C@H](O)[C@H](O)CO)[C@@H](O)[C@H](O)C(O)CO)[C@@H](O)[C@H](O)[C@H](O)CO)C(=O)O)cc3)nc2c(=O)[nH]1. The number of H-pyrrole nitrogens is 1. The largest absolute Gasteiger partial charge is 0.481 e. The first-order chi connectivity index (χ1) is 41.5. The molecule has 88 heavy (non-hydrogen) atoms. The number of hydrogen-bond donors (Lipinski definition) is 24. The molecule has 39 nitrogen and oxygen atoms in total. The number of carboxylic acids is 3. The Morgan fingerprint density at radius 2 is 1.12 bits per heavy atom. The monoisotopic (exact) mass is 1290 g/mol. The van der Waals surface area contributed by atoms with Gasteiger partial charge in [-0.15, -0.1) is 0 Å². The lowest BCUT2D eigenvalue weighted by Gasteiger charge is -2.34. The van der Waals surface area contributed by atoms with Crippen LogP contribution in [0.5, 0.6) is 0 Å². The van der Waals surface area contributed by atoms with E-state index in [-0.39, 0.29) is 48.1 Å². The lowest BCUT2D eigenvalue weighted by atomic mass is 9.96. The minimum Gasteiger partial charge on any atom is -0.481 e. The second-order valence-corrected chi connectivity index (χ2v) is 21.3. The minimum absolute atomic E-state index is 0.000183. The van der Waals surface area contributed by atoms with Crippen molar-refractivity contribution in [2.45, 2.75) is 117 Å². The molecule has 1 aromatic carbocycles. The number of nitrogens with two attached hydrogens (primary N) is 1. The normalized spacial score (nSPS) is 16.5. The number of aliphatic carboxylic acids is 3. The second-order valence-electron chi connectivity index (χ2n) is 18.7. The van der Waals surface area contributed by atoms with Crippen molar-refractivity contribution in [2.75, 3.05) is 49.0 Å². The van der Waals surface area contributed by atoms with Crippen LogP contribution in [0.3, 0.4) is 0 Å². The maximum Gasteiger partial charge on any atom is 0.327 e. The van der Waals surface area contributed by atoms with Gasteiger partial charge in [-0.25, -0.2) is 19.6 Å². The van der Waals surface area contributed by atoms with Crippen molar-refractivity contribution < 1.29 is 129 Å². The van der Waals surface area contributed by atoms with Crippen LogP contribution < -0.4 is 48.5 Å².